The number of fused-ring (bicyclic) bond motifs is 1. The first-order valence-corrected chi connectivity index (χ1v) is 9.42. The molecule has 13 heteroatoms. The van der Waals surface area contributed by atoms with Gasteiger partial charge in [0.25, 0.3) is 5.89 Å². The van der Waals surface area contributed by atoms with Crippen molar-refractivity contribution >= 4 is 16.6 Å². The van der Waals surface area contributed by atoms with Crippen LogP contribution in [-0.4, -0.2) is 35.4 Å². The number of tetrazole rings is 1. The average Bonchev–Trinajstić information content (AvgIpc) is 3.46. The molecule has 5 aromatic rings. The number of aromatic nitrogens is 7. The summed E-state index contributed by atoms with van der Waals surface area (Å²) in [5, 5.41) is 20.0. The van der Waals surface area contributed by atoms with E-state index in [4.69, 9.17) is 10.2 Å². The fourth-order valence-electron chi connectivity index (χ4n) is 3.32. The molecule has 0 aliphatic heterocycles. The molecule has 166 valence electrons. The molecule has 3 aromatic heterocycles. The SMILES string of the molecule is Nc1nccc2cccc(-c3nnn(Cc4c(F)cc(-c5nnc(C(F)F)o5)cc4F)n3)c12. The van der Waals surface area contributed by atoms with Crippen molar-refractivity contribution in [3.63, 3.8) is 0 Å². The topological polar surface area (TPSA) is 121 Å². The Hall–Kier alpha value is -4.42. The van der Waals surface area contributed by atoms with E-state index in [1.807, 2.05) is 6.07 Å². The third-order valence-electron chi connectivity index (χ3n) is 4.83. The van der Waals surface area contributed by atoms with Crippen LogP contribution in [0.15, 0.2) is 47.0 Å². The number of halogens is 4. The van der Waals surface area contributed by atoms with Crippen LogP contribution in [0.1, 0.15) is 17.9 Å². The van der Waals surface area contributed by atoms with Crippen LogP contribution < -0.4 is 5.73 Å². The minimum absolute atomic E-state index is 0.181. The van der Waals surface area contributed by atoms with Gasteiger partial charge in [-0.1, -0.05) is 18.2 Å². The number of nitrogen functional groups attached to an aromatic ring is 1. The van der Waals surface area contributed by atoms with Crippen molar-refractivity contribution in [3.8, 4) is 22.8 Å². The molecule has 0 radical (unpaired) electrons. The van der Waals surface area contributed by atoms with Crippen LogP contribution in [-0.2, 0) is 6.54 Å². The van der Waals surface area contributed by atoms with Gasteiger partial charge in [-0.05, 0) is 28.8 Å². The lowest BCUT2D eigenvalue weighted by Gasteiger charge is -2.06. The van der Waals surface area contributed by atoms with Crippen molar-refractivity contribution in [2.75, 3.05) is 5.73 Å². The number of pyridine rings is 1. The van der Waals surface area contributed by atoms with Gasteiger partial charge >= 0.3 is 6.43 Å². The predicted octanol–water partition coefficient (Wildman–Crippen LogP) is 3.78. The summed E-state index contributed by atoms with van der Waals surface area (Å²) in [6.45, 7) is -0.379. The third kappa shape index (κ3) is 3.73. The molecule has 5 rings (SSSR count). The van der Waals surface area contributed by atoms with Crippen molar-refractivity contribution in [3.05, 3.63) is 65.7 Å². The summed E-state index contributed by atoms with van der Waals surface area (Å²) in [6, 6.07) is 8.94. The molecule has 0 unspecified atom stereocenters. The van der Waals surface area contributed by atoms with E-state index >= 15 is 0 Å². The molecule has 0 atom stereocenters. The van der Waals surface area contributed by atoms with Gasteiger partial charge in [-0.3, -0.25) is 0 Å². The zero-order valence-corrected chi connectivity index (χ0v) is 16.5. The molecule has 0 bridgehead atoms. The number of benzene rings is 2. The maximum atomic E-state index is 14.6. The van der Waals surface area contributed by atoms with E-state index in [0.717, 1.165) is 22.3 Å². The Morgan fingerprint density at radius 1 is 1.03 bits per heavy atom. The minimum Gasteiger partial charge on any atom is -0.415 e. The number of nitrogens with two attached hydrogens (primary N) is 1. The zero-order chi connectivity index (χ0) is 23.1. The van der Waals surface area contributed by atoms with Crippen LogP contribution in [0.25, 0.3) is 33.6 Å². The third-order valence-corrected chi connectivity index (χ3v) is 4.83. The van der Waals surface area contributed by atoms with Gasteiger partial charge in [-0.15, -0.1) is 20.4 Å². The molecule has 33 heavy (non-hydrogen) atoms. The normalized spacial score (nSPS) is 11.5. The summed E-state index contributed by atoms with van der Waals surface area (Å²) >= 11 is 0. The molecule has 0 fully saturated rings. The van der Waals surface area contributed by atoms with Gasteiger partial charge in [0, 0.05) is 28.3 Å². The summed E-state index contributed by atoms with van der Waals surface area (Å²) < 4.78 is 59.3. The number of hydrogen-bond acceptors (Lipinski definition) is 8. The van der Waals surface area contributed by atoms with Gasteiger partial charge in [0.1, 0.15) is 17.5 Å². The van der Waals surface area contributed by atoms with E-state index in [2.05, 4.69) is 30.6 Å². The molecule has 0 saturated carbocycles. The van der Waals surface area contributed by atoms with Crippen molar-refractivity contribution in [1.29, 1.82) is 0 Å². The van der Waals surface area contributed by atoms with E-state index < -0.39 is 29.8 Å². The fourth-order valence-corrected chi connectivity index (χ4v) is 3.32. The molecule has 3 heterocycles. The van der Waals surface area contributed by atoms with Crippen LogP contribution in [0, 0.1) is 11.6 Å². The van der Waals surface area contributed by atoms with Crippen molar-refractivity contribution in [1.82, 2.24) is 35.4 Å². The number of anilines is 1. The predicted molar refractivity (Wildman–Crippen MR) is 107 cm³/mol. The summed E-state index contributed by atoms with van der Waals surface area (Å²) in [4.78, 5) is 5.09. The lowest BCUT2D eigenvalue weighted by Crippen LogP contribution is -2.08. The van der Waals surface area contributed by atoms with Crippen molar-refractivity contribution < 1.29 is 22.0 Å². The van der Waals surface area contributed by atoms with Gasteiger partial charge < -0.3 is 10.2 Å². The monoisotopic (exact) mass is 456 g/mol. The fraction of sp³-hybridized carbons (Fsp3) is 0.100. The molecule has 2 N–H and O–H groups in total. The summed E-state index contributed by atoms with van der Waals surface area (Å²) in [5.41, 5.74) is 6.01. The Kier molecular flexibility index (Phi) is 4.92. The molecular weight excluding hydrogens is 444 g/mol. The molecule has 9 nitrogen and oxygen atoms in total. The highest BCUT2D eigenvalue weighted by molar-refractivity contribution is 6.01. The maximum Gasteiger partial charge on any atom is 0.314 e. The second kappa shape index (κ2) is 7.93. The molecule has 0 saturated heterocycles. The Morgan fingerprint density at radius 2 is 1.82 bits per heavy atom. The smallest absolute Gasteiger partial charge is 0.314 e. The van der Waals surface area contributed by atoms with Crippen LogP contribution >= 0.6 is 0 Å². The lowest BCUT2D eigenvalue weighted by molar-refractivity contribution is 0.116. The number of alkyl halides is 2. The standard InChI is InChI=1S/C20H12F4N8O/c21-13-6-10(19-28-29-20(33-19)16(23)24)7-14(22)12(13)8-32-30-18(27-31-32)11-3-1-2-9-4-5-26-17(25)15(9)11/h1-7,16H,8H2,(H2,25,26). The minimum atomic E-state index is -3.00. The van der Waals surface area contributed by atoms with Crippen LogP contribution in [0.4, 0.5) is 23.4 Å². The molecule has 0 amide bonds. The van der Waals surface area contributed by atoms with E-state index in [9.17, 15) is 17.6 Å². The molecule has 2 aromatic carbocycles. The average molecular weight is 456 g/mol. The second-order valence-corrected chi connectivity index (χ2v) is 6.91. The largest absolute Gasteiger partial charge is 0.415 e. The second-order valence-electron chi connectivity index (χ2n) is 6.91. The van der Waals surface area contributed by atoms with Gasteiger partial charge in [-0.25, -0.2) is 13.8 Å². The Bertz CT molecular complexity index is 1450. The van der Waals surface area contributed by atoms with Crippen LogP contribution in [0.5, 0.6) is 0 Å². The van der Waals surface area contributed by atoms with E-state index in [-0.39, 0.29) is 29.3 Å². The van der Waals surface area contributed by atoms with Gasteiger partial charge in [0.15, 0.2) is 0 Å². The Morgan fingerprint density at radius 3 is 2.55 bits per heavy atom. The number of hydrogen-bond donors (Lipinski definition) is 1. The quantitative estimate of drug-likeness (QED) is 0.397. The van der Waals surface area contributed by atoms with Crippen LogP contribution in [0.2, 0.25) is 0 Å². The first kappa shape index (κ1) is 20.5. The number of nitrogens with zero attached hydrogens (tertiary/aromatic N) is 7. The molecule has 0 spiro atoms. The summed E-state index contributed by atoms with van der Waals surface area (Å²) in [6.07, 6.45) is -1.43. The number of rotatable bonds is 5. The Labute approximate surface area is 181 Å². The van der Waals surface area contributed by atoms with Crippen LogP contribution in [0.3, 0.4) is 0 Å². The van der Waals surface area contributed by atoms with E-state index in [1.165, 1.54) is 0 Å². The molecular formula is C20H12F4N8O. The van der Waals surface area contributed by atoms with E-state index in [1.54, 1.807) is 24.4 Å². The van der Waals surface area contributed by atoms with Gasteiger partial charge in [0.05, 0.1) is 6.54 Å². The highest BCUT2D eigenvalue weighted by Gasteiger charge is 2.21. The Balaban J connectivity index is 1.45. The first-order chi connectivity index (χ1) is 15.9. The zero-order valence-electron chi connectivity index (χ0n) is 16.5. The van der Waals surface area contributed by atoms with Crippen molar-refractivity contribution in [2.24, 2.45) is 0 Å². The van der Waals surface area contributed by atoms with Gasteiger partial charge in [-0.2, -0.15) is 13.6 Å². The molecule has 0 aliphatic carbocycles. The molecule has 0 aliphatic rings. The van der Waals surface area contributed by atoms with Crippen molar-refractivity contribution in [2.45, 2.75) is 13.0 Å². The first-order valence-electron chi connectivity index (χ1n) is 9.42. The summed E-state index contributed by atoms with van der Waals surface area (Å²) in [7, 11) is 0. The highest BCUT2D eigenvalue weighted by atomic mass is 19.3. The highest BCUT2D eigenvalue weighted by Crippen LogP contribution is 2.30. The lowest BCUT2D eigenvalue weighted by atomic mass is 10.1. The van der Waals surface area contributed by atoms with Gasteiger partial charge in [0.2, 0.25) is 11.7 Å². The summed E-state index contributed by atoms with van der Waals surface area (Å²) in [5.74, 6) is -2.85. The maximum absolute atomic E-state index is 14.6. The van der Waals surface area contributed by atoms with E-state index in [0.29, 0.717) is 10.9 Å².